The Hall–Kier alpha value is -1.82. The zero-order valence-corrected chi connectivity index (χ0v) is 12.2. The molecule has 6 heteroatoms. The first-order valence-electron chi connectivity index (χ1n) is 7.29. The average molecular weight is 294 g/mol. The molecule has 1 atom stereocenters. The first-order chi connectivity index (χ1) is 10.0. The standard InChI is InChI=1S/C15H22N2O4/c1-15(10-18,11-6-7-11)17-13(19)5-2-8-16-14(20)12-4-3-9-21-12/h3-4,9,11,18H,2,5-8,10H2,1H3,(H,16,20)(H,17,19). The summed E-state index contributed by atoms with van der Waals surface area (Å²) in [4.78, 5) is 23.5. The molecule has 21 heavy (non-hydrogen) atoms. The third-order valence-corrected chi connectivity index (χ3v) is 3.84. The molecule has 1 fully saturated rings. The molecule has 2 amide bonds. The molecule has 1 aliphatic carbocycles. The van der Waals surface area contributed by atoms with Crippen molar-refractivity contribution in [2.45, 2.75) is 38.1 Å². The fourth-order valence-electron chi connectivity index (χ4n) is 2.32. The van der Waals surface area contributed by atoms with Crippen molar-refractivity contribution in [3.8, 4) is 0 Å². The Morgan fingerprint density at radius 3 is 2.81 bits per heavy atom. The molecule has 0 aliphatic heterocycles. The van der Waals surface area contributed by atoms with Crippen molar-refractivity contribution in [2.75, 3.05) is 13.2 Å². The van der Waals surface area contributed by atoms with E-state index in [1.807, 2.05) is 6.92 Å². The van der Waals surface area contributed by atoms with Gasteiger partial charge in [-0.3, -0.25) is 9.59 Å². The molecule has 0 aromatic carbocycles. The minimum Gasteiger partial charge on any atom is -0.459 e. The molecular formula is C15H22N2O4. The Bertz CT molecular complexity index is 482. The van der Waals surface area contributed by atoms with E-state index in [9.17, 15) is 14.7 Å². The summed E-state index contributed by atoms with van der Waals surface area (Å²) in [6.07, 6.45) is 4.41. The molecule has 0 saturated heterocycles. The lowest BCUT2D eigenvalue weighted by atomic mass is 9.96. The molecule has 116 valence electrons. The Labute approximate surface area is 123 Å². The van der Waals surface area contributed by atoms with Gasteiger partial charge in [-0.1, -0.05) is 0 Å². The molecule has 0 spiro atoms. The molecular weight excluding hydrogens is 272 g/mol. The van der Waals surface area contributed by atoms with Crippen LogP contribution < -0.4 is 10.6 Å². The zero-order chi connectivity index (χ0) is 15.3. The molecule has 0 radical (unpaired) electrons. The normalized spacial score (nSPS) is 17.0. The van der Waals surface area contributed by atoms with E-state index in [0.717, 1.165) is 12.8 Å². The number of amides is 2. The Balaban J connectivity index is 1.64. The van der Waals surface area contributed by atoms with Crippen LogP contribution in [0.3, 0.4) is 0 Å². The Kier molecular flexibility index (Phi) is 5.01. The van der Waals surface area contributed by atoms with Crippen molar-refractivity contribution < 1.29 is 19.1 Å². The Morgan fingerprint density at radius 2 is 2.24 bits per heavy atom. The largest absolute Gasteiger partial charge is 0.459 e. The number of carbonyl (C=O) groups is 2. The van der Waals surface area contributed by atoms with Gasteiger partial charge in [0.2, 0.25) is 5.91 Å². The second kappa shape index (κ2) is 6.76. The van der Waals surface area contributed by atoms with Crippen molar-refractivity contribution in [1.29, 1.82) is 0 Å². The maximum Gasteiger partial charge on any atom is 0.286 e. The number of furan rings is 1. The van der Waals surface area contributed by atoms with Crippen LogP contribution in [0.1, 0.15) is 43.2 Å². The summed E-state index contributed by atoms with van der Waals surface area (Å²) < 4.78 is 4.97. The van der Waals surface area contributed by atoms with Gasteiger partial charge in [0.25, 0.3) is 5.91 Å². The van der Waals surface area contributed by atoms with E-state index < -0.39 is 5.54 Å². The van der Waals surface area contributed by atoms with Crippen molar-refractivity contribution in [3.05, 3.63) is 24.2 Å². The fourth-order valence-corrected chi connectivity index (χ4v) is 2.32. The fraction of sp³-hybridized carbons (Fsp3) is 0.600. The number of nitrogens with one attached hydrogen (secondary N) is 2. The first kappa shape index (κ1) is 15.6. The number of aliphatic hydroxyl groups is 1. The predicted molar refractivity (Wildman–Crippen MR) is 76.6 cm³/mol. The average Bonchev–Trinajstić information content (AvgIpc) is 3.19. The maximum atomic E-state index is 11.9. The van der Waals surface area contributed by atoms with Crippen LogP contribution in [0, 0.1) is 5.92 Å². The predicted octanol–water partition coefficient (Wildman–Crippen LogP) is 1.07. The van der Waals surface area contributed by atoms with Crippen molar-refractivity contribution >= 4 is 11.8 Å². The van der Waals surface area contributed by atoms with E-state index in [4.69, 9.17) is 4.42 Å². The van der Waals surface area contributed by atoms with Crippen molar-refractivity contribution in [3.63, 3.8) is 0 Å². The van der Waals surface area contributed by atoms with Gasteiger partial charge in [-0.2, -0.15) is 0 Å². The summed E-state index contributed by atoms with van der Waals surface area (Å²) in [6.45, 7) is 2.24. The summed E-state index contributed by atoms with van der Waals surface area (Å²) in [5.74, 6) is 0.274. The molecule has 1 unspecified atom stereocenters. The monoisotopic (exact) mass is 294 g/mol. The Morgan fingerprint density at radius 1 is 1.48 bits per heavy atom. The summed E-state index contributed by atoms with van der Waals surface area (Å²) in [5, 5.41) is 15.0. The molecule has 1 aromatic heterocycles. The maximum absolute atomic E-state index is 11.9. The lowest BCUT2D eigenvalue weighted by molar-refractivity contribution is -0.123. The molecule has 3 N–H and O–H groups in total. The third-order valence-electron chi connectivity index (χ3n) is 3.84. The molecule has 1 saturated carbocycles. The second-order valence-electron chi connectivity index (χ2n) is 5.73. The highest BCUT2D eigenvalue weighted by molar-refractivity contribution is 5.91. The highest BCUT2D eigenvalue weighted by Gasteiger charge is 2.41. The van der Waals surface area contributed by atoms with E-state index in [1.54, 1.807) is 12.1 Å². The number of hydrogen-bond acceptors (Lipinski definition) is 4. The molecule has 0 bridgehead atoms. The van der Waals surface area contributed by atoms with Crippen LogP contribution in [-0.4, -0.2) is 35.6 Å². The van der Waals surface area contributed by atoms with Crippen LogP contribution >= 0.6 is 0 Å². The first-order valence-corrected chi connectivity index (χ1v) is 7.29. The molecule has 1 aliphatic rings. The van der Waals surface area contributed by atoms with E-state index in [2.05, 4.69) is 10.6 Å². The highest BCUT2D eigenvalue weighted by Crippen LogP contribution is 2.39. The smallest absolute Gasteiger partial charge is 0.286 e. The number of rotatable bonds is 8. The lowest BCUT2D eigenvalue weighted by Gasteiger charge is -2.28. The van der Waals surface area contributed by atoms with Crippen molar-refractivity contribution in [1.82, 2.24) is 10.6 Å². The topological polar surface area (TPSA) is 91.6 Å². The van der Waals surface area contributed by atoms with Crippen LogP contribution in [-0.2, 0) is 4.79 Å². The number of carbonyl (C=O) groups excluding carboxylic acids is 2. The van der Waals surface area contributed by atoms with Crippen LogP contribution in [0.5, 0.6) is 0 Å². The van der Waals surface area contributed by atoms with Gasteiger partial charge in [-0.05, 0) is 44.2 Å². The van der Waals surface area contributed by atoms with Gasteiger partial charge in [0, 0.05) is 13.0 Å². The van der Waals surface area contributed by atoms with Gasteiger partial charge >= 0.3 is 0 Å². The number of hydrogen-bond donors (Lipinski definition) is 3. The van der Waals surface area contributed by atoms with Gasteiger partial charge in [0.05, 0.1) is 18.4 Å². The highest BCUT2D eigenvalue weighted by atomic mass is 16.3. The van der Waals surface area contributed by atoms with Crippen LogP contribution in [0.2, 0.25) is 0 Å². The quantitative estimate of drug-likeness (QED) is 0.625. The molecule has 1 aromatic rings. The van der Waals surface area contributed by atoms with Gasteiger partial charge < -0.3 is 20.2 Å². The molecule has 1 heterocycles. The second-order valence-corrected chi connectivity index (χ2v) is 5.73. The van der Waals surface area contributed by atoms with Gasteiger partial charge in [0.15, 0.2) is 5.76 Å². The minimum absolute atomic E-state index is 0.0430. The summed E-state index contributed by atoms with van der Waals surface area (Å²) in [5.41, 5.74) is -0.505. The van der Waals surface area contributed by atoms with Gasteiger partial charge in [-0.15, -0.1) is 0 Å². The zero-order valence-electron chi connectivity index (χ0n) is 12.2. The van der Waals surface area contributed by atoms with Crippen LogP contribution in [0.4, 0.5) is 0 Å². The SMILES string of the molecule is CC(CO)(NC(=O)CCCNC(=O)c1ccco1)C1CC1. The minimum atomic E-state index is -0.505. The molecule has 6 nitrogen and oxygen atoms in total. The van der Waals surface area contributed by atoms with E-state index in [-0.39, 0.29) is 24.2 Å². The summed E-state index contributed by atoms with van der Waals surface area (Å²) in [6, 6.07) is 3.24. The third kappa shape index (κ3) is 4.32. The van der Waals surface area contributed by atoms with Gasteiger partial charge in [0.1, 0.15) is 0 Å². The van der Waals surface area contributed by atoms with Crippen LogP contribution in [0.15, 0.2) is 22.8 Å². The van der Waals surface area contributed by atoms with Crippen LogP contribution in [0.25, 0.3) is 0 Å². The summed E-state index contributed by atoms with van der Waals surface area (Å²) in [7, 11) is 0. The van der Waals surface area contributed by atoms with E-state index in [0.29, 0.717) is 25.3 Å². The van der Waals surface area contributed by atoms with E-state index >= 15 is 0 Å². The lowest BCUT2D eigenvalue weighted by Crippen LogP contribution is -2.50. The van der Waals surface area contributed by atoms with E-state index in [1.165, 1.54) is 6.26 Å². The molecule has 2 rings (SSSR count). The van der Waals surface area contributed by atoms with Crippen molar-refractivity contribution in [2.24, 2.45) is 5.92 Å². The van der Waals surface area contributed by atoms with Gasteiger partial charge in [-0.25, -0.2) is 0 Å². The number of aliphatic hydroxyl groups excluding tert-OH is 1. The summed E-state index contributed by atoms with van der Waals surface area (Å²) >= 11 is 0.